The van der Waals surface area contributed by atoms with Crippen LogP contribution in [0.2, 0.25) is 0 Å². The molecule has 1 aliphatic rings. The summed E-state index contributed by atoms with van der Waals surface area (Å²) in [5, 5.41) is 12.5. The molecule has 1 saturated carbocycles. The molecule has 1 fully saturated rings. The number of carboxylic acids is 1. The second-order valence-electron chi connectivity index (χ2n) is 5.30. The van der Waals surface area contributed by atoms with Crippen LogP contribution in [0.1, 0.15) is 42.6 Å². The summed E-state index contributed by atoms with van der Waals surface area (Å²) in [6, 6.07) is 5.77. The molecule has 17 heavy (non-hydrogen) atoms. The maximum atomic E-state index is 11.0. The molecule has 2 N–H and O–H groups in total. The Hall–Kier alpha value is -1.51. The van der Waals surface area contributed by atoms with Crippen LogP contribution in [0.25, 0.3) is 0 Å². The van der Waals surface area contributed by atoms with Gasteiger partial charge in [0.25, 0.3) is 0 Å². The van der Waals surface area contributed by atoms with Crippen molar-refractivity contribution in [3.05, 3.63) is 29.3 Å². The van der Waals surface area contributed by atoms with E-state index in [2.05, 4.69) is 19.2 Å². The SMILES string of the molecule is Cc1c(NC(C)C2(C)CC2)cccc1C(=O)O. The van der Waals surface area contributed by atoms with Crippen LogP contribution in [0.5, 0.6) is 0 Å². The molecule has 92 valence electrons. The normalized spacial score (nSPS) is 18.5. The minimum Gasteiger partial charge on any atom is -0.478 e. The van der Waals surface area contributed by atoms with E-state index in [4.69, 9.17) is 5.11 Å². The number of nitrogens with one attached hydrogen (secondary N) is 1. The molecule has 0 aliphatic heterocycles. The standard InChI is InChI=1S/C14H19NO2/c1-9-11(13(16)17)5-4-6-12(9)15-10(2)14(3)7-8-14/h4-6,10,15H,7-8H2,1-3H3,(H,16,17). The van der Waals surface area contributed by atoms with Crippen molar-refractivity contribution in [2.75, 3.05) is 5.32 Å². The van der Waals surface area contributed by atoms with Gasteiger partial charge < -0.3 is 10.4 Å². The lowest BCUT2D eigenvalue weighted by molar-refractivity contribution is 0.0696. The molecule has 0 aromatic heterocycles. The van der Waals surface area contributed by atoms with Crippen molar-refractivity contribution in [3.63, 3.8) is 0 Å². The Morgan fingerprint density at radius 2 is 2.12 bits per heavy atom. The van der Waals surface area contributed by atoms with E-state index in [1.54, 1.807) is 12.1 Å². The first-order chi connectivity index (χ1) is 7.94. The van der Waals surface area contributed by atoms with E-state index in [1.165, 1.54) is 12.8 Å². The lowest BCUT2D eigenvalue weighted by Crippen LogP contribution is -2.25. The molecule has 1 atom stereocenters. The molecule has 1 aromatic carbocycles. The van der Waals surface area contributed by atoms with Gasteiger partial charge in [0.2, 0.25) is 0 Å². The predicted molar refractivity (Wildman–Crippen MR) is 68.6 cm³/mol. The summed E-state index contributed by atoms with van der Waals surface area (Å²) in [5.74, 6) is -0.864. The third kappa shape index (κ3) is 2.28. The van der Waals surface area contributed by atoms with Gasteiger partial charge in [0.05, 0.1) is 5.56 Å². The molecule has 0 bridgehead atoms. The largest absolute Gasteiger partial charge is 0.478 e. The topological polar surface area (TPSA) is 49.3 Å². The van der Waals surface area contributed by atoms with E-state index >= 15 is 0 Å². The van der Waals surface area contributed by atoms with Crippen LogP contribution in [0.15, 0.2) is 18.2 Å². The molecule has 0 radical (unpaired) electrons. The second kappa shape index (κ2) is 4.06. The first kappa shape index (κ1) is 12.0. The van der Waals surface area contributed by atoms with Crippen LogP contribution in [0.4, 0.5) is 5.69 Å². The van der Waals surface area contributed by atoms with E-state index in [1.807, 2.05) is 13.0 Å². The summed E-state index contributed by atoms with van der Waals surface area (Å²) < 4.78 is 0. The van der Waals surface area contributed by atoms with Crippen molar-refractivity contribution >= 4 is 11.7 Å². The van der Waals surface area contributed by atoms with Crippen molar-refractivity contribution in [2.45, 2.75) is 39.7 Å². The minimum absolute atomic E-state index is 0.378. The van der Waals surface area contributed by atoms with Gasteiger partial charge in [0.15, 0.2) is 0 Å². The highest BCUT2D eigenvalue weighted by Crippen LogP contribution is 2.49. The third-order valence-corrected chi connectivity index (χ3v) is 4.02. The summed E-state index contributed by atoms with van der Waals surface area (Å²) in [5.41, 5.74) is 2.51. The molecule has 1 unspecified atom stereocenters. The highest BCUT2D eigenvalue weighted by molar-refractivity contribution is 5.91. The second-order valence-corrected chi connectivity index (χ2v) is 5.30. The molecular formula is C14H19NO2. The lowest BCUT2D eigenvalue weighted by Gasteiger charge is -2.23. The molecule has 1 aromatic rings. The van der Waals surface area contributed by atoms with Crippen molar-refractivity contribution in [2.24, 2.45) is 5.41 Å². The third-order valence-electron chi connectivity index (χ3n) is 4.02. The lowest BCUT2D eigenvalue weighted by atomic mass is 9.99. The molecule has 3 nitrogen and oxygen atoms in total. The van der Waals surface area contributed by atoms with Gasteiger partial charge in [-0.05, 0) is 49.8 Å². The minimum atomic E-state index is -0.864. The first-order valence-corrected chi connectivity index (χ1v) is 6.03. The van der Waals surface area contributed by atoms with Crippen LogP contribution in [0.3, 0.4) is 0 Å². The fourth-order valence-corrected chi connectivity index (χ4v) is 2.06. The van der Waals surface area contributed by atoms with Gasteiger partial charge in [-0.15, -0.1) is 0 Å². The highest BCUT2D eigenvalue weighted by atomic mass is 16.4. The van der Waals surface area contributed by atoms with E-state index < -0.39 is 5.97 Å². The summed E-state index contributed by atoms with van der Waals surface area (Å²) in [4.78, 5) is 11.0. The van der Waals surface area contributed by atoms with Crippen molar-refractivity contribution < 1.29 is 9.90 Å². The van der Waals surface area contributed by atoms with Gasteiger partial charge in [-0.3, -0.25) is 0 Å². The Balaban J connectivity index is 2.21. The molecule has 0 amide bonds. The average Bonchev–Trinajstić information content (AvgIpc) is 3.00. The fraction of sp³-hybridized carbons (Fsp3) is 0.500. The summed E-state index contributed by atoms with van der Waals surface area (Å²) in [7, 11) is 0. The Bertz CT molecular complexity index is 450. The zero-order chi connectivity index (χ0) is 12.6. The maximum absolute atomic E-state index is 11.0. The number of carboxylic acid groups (broad SMARTS) is 1. The molecule has 0 spiro atoms. The molecule has 0 saturated heterocycles. The van der Waals surface area contributed by atoms with E-state index in [9.17, 15) is 4.79 Å². The smallest absolute Gasteiger partial charge is 0.336 e. The van der Waals surface area contributed by atoms with Gasteiger partial charge in [-0.25, -0.2) is 4.79 Å². The molecule has 0 heterocycles. The Labute approximate surface area is 102 Å². The Kier molecular flexibility index (Phi) is 2.86. The van der Waals surface area contributed by atoms with Gasteiger partial charge in [-0.1, -0.05) is 13.0 Å². The summed E-state index contributed by atoms with van der Waals surface area (Å²) in [6.45, 7) is 6.29. The van der Waals surface area contributed by atoms with E-state index in [-0.39, 0.29) is 0 Å². The zero-order valence-electron chi connectivity index (χ0n) is 10.6. The average molecular weight is 233 g/mol. The van der Waals surface area contributed by atoms with Gasteiger partial charge in [-0.2, -0.15) is 0 Å². The van der Waals surface area contributed by atoms with Gasteiger partial charge in [0, 0.05) is 11.7 Å². The zero-order valence-corrected chi connectivity index (χ0v) is 10.6. The molecular weight excluding hydrogens is 214 g/mol. The number of hydrogen-bond acceptors (Lipinski definition) is 2. The first-order valence-electron chi connectivity index (χ1n) is 6.03. The number of anilines is 1. The number of benzene rings is 1. The van der Waals surface area contributed by atoms with E-state index in [0.717, 1.165) is 11.3 Å². The van der Waals surface area contributed by atoms with E-state index in [0.29, 0.717) is 17.0 Å². The predicted octanol–water partition coefficient (Wildman–Crippen LogP) is 3.29. The van der Waals surface area contributed by atoms with Gasteiger partial charge in [0.1, 0.15) is 0 Å². The highest BCUT2D eigenvalue weighted by Gasteiger charge is 2.42. The van der Waals surface area contributed by atoms with Gasteiger partial charge >= 0.3 is 5.97 Å². The van der Waals surface area contributed by atoms with Crippen LogP contribution in [-0.4, -0.2) is 17.1 Å². The molecule has 3 heteroatoms. The molecule has 2 rings (SSSR count). The van der Waals surface area contributed by atoms with Crippen LogP contribution < -0.4 is 5.32 Å². The quantitative estimate of drug-likeness (QED) is 0.839. The fourth-order valence-electron chi connectivity index (χ4n) is 2.06. The number of rotatable bonds is 4. The summed E-state index contributed by atoms with van der Waals surface area (Å²) >= 11 is 0. The van der Waals surface area contributed by atoms with Crippen molar-refractivity contribution in [3.8, 4) is 0 Å². The van der Waals surface area contributed by atoms with Crippen LogP contribution >= 0.6 is 0 Å². The summed E-state index contributed by atoms with van der Waals surface area (Å²) in [6.07, 6.45) is 2.50. The van der Waals surface area contributed by atoms with Crippen LogP contribution in [0, 0.1) is 12.3 Å². The Morgan fingerprint density at radius 3 is 2.65 bits per heavy atom. The number of aromatic carboxylic acids is 1. The van der Waals surface area contributed by atoms with Crippen molar-refractivity contribution in [1.29, 1.82) is 0 Å². The monoisotopic (exact) mass is 233 g/mol. The Morgan fingerprint density at radius 1 is 1.47 bits per heavy atom. The maximum Gasteiger partial charge on any atom is 0.336 e. The number of carbonyl (C=O) groups is 1. The van der Waals surface area contributed by atoms with Crippen LogP contribution in [-0.2, 0) is 0 Å². The van der Waals surface area contributed by atoms with Crippen molar-refractivity contribution in [1.82, 2.24) is 0 Å². The number of hydrogen-bond donors (Lipinski definition) is 2. The molecule has 1 aliphatic carbocycles.